The zero-order valence-electron chi connectivity index (χ0n) is 12.7. The van der Waals surface area contributed by atoms with E-state index in [-0.39, 0.29) is 5.75 Å². The van der Waals surface area contributed by atoms with E-state index in [2.05, 4.69) is 17.0 Å². The quantitative estimate of drug-likeness (QED) is 0.772. The van der Waals surface area contributed by atoms with Crippen molar-refractivity contribution in [1.29, 1.82) is 0 Å². The van der Waals surface area contributed by atoms with Crippen molar-refractivity contribution in [1.82, 2.24) is 5.32 Å². The summed E-state index contributed by atoms with van der Waals surface area (Å²) >= 11 is 0. The number of nitrogens with one attached hydrogen (secondary N) is 1. The molecule has 0 spiro atoms. The second-order valence-corrected chi connectivity index (χ2v) is 5.80. The first-order valence-corrected chi connectivity index (χ1v) is 7.97. The van der Waals surface area contributed by atoms with E-state index in [1.807, 2.05) is 12.1 Å². The van der Waals surface area contributed by atoms with Crippen molar-refractivity contribution in [2.75, 3.05) is 6.54 Å². The summed E-state index contributed by atoms with van der Waals surface area (Å²) in [7, 11) is 0. The van der Waals surface area contributed by atoms with E-state index in [9.17, 15) is 8.78 Å². The van der Waals surface area contributed by atoms with Gasteiger partial charge in [-0.1, -0.05) is 51.2 Å². The molecule has 4 heteroatoms. The average molecular weight is 297 g/mol. The van der Waals surface area contributed by atoms with Gasteiger partial charge >= 0.3 is 6.61 Å². The Morgan fingerprint density at radius 1 is 1.14 bits per heavy atom. The zero-order valence-corrected chi connectivity index (χ0v) is 12.7. The topological polar surface area (TPSA) is 21.3 Å². The molecule has 1 saturated carbocycles. The van der Waals surface area contributed by atoms with Gasteiger partial charge in [-0.3, -0.25) is 0 Å². The minimum atomic E-state index is -2.76. The molecule has 0 bridgehead atoms. The number of alkyl halides is 2. The maximum absolute atomic E-state index is 12.2. The summed E-state index contributed by atoms with van der Waals surface area (Å²) in [6.45, 7) is 0.247. The van der Waals surface area contributed by atoms with Crippen molar-refractivity contribution in [2.24, 2.45) is 5.92 Å². The third-order valence-corrected chi connectivity index (χ3v) is 4.25. The van der Waals surface area contributed by atoms with Gasteiger partial charge in [-0.2, -0.15) is 8.78 Å². The molecule has 1 atom stereocenters. The van der Waals surface area contributed by atoms with Crippen LogP contribution < -0.4 is 10.1 Å². The van der Waals surface area contributed by atoms with Crippen LogP contribution in [0.3, 0.4) is 0 Å². The van der Waals surface area contributed by atoms with Crippen molar-refractivity contribution in [3.63, 3.8) is 0 Å². The van der Waals surface area contributed by atoms with E-state index in [0.29, 0.717) is 6.04 Å². The van der Waals surface area contributed by atoms with E-state index < -0.39 is 6.61 Å². The summed E-state index contributed by atoms with van der Waals surface area (Å²) in [5.74, 6) is 1.00. The van der Waals surface area contributed by atoms with E-state index >= 15 is 0 Å². The fourth-order valence-electron chi connectivity index (χ4n) is 3.22. The van der Waals surface area contributed by atoms with Gasteiger partial charge in [-0.25, -0.2) is 0 Å². The number of hydrogen-bond acceptors (Lipinski definition) is 2. The Morgan fingerprint density at radius 2 is 1.81 bits per heavy atom. The van der Waals surface area contributed by atoms with Crippen LogP contribution in [0.4, 0.5) is 8.78 Å². The largest absolute Gasteiger partial charge is 0.435 e. The maximum Gasteiger partial charge on any atom is 0.387 e. The first-order chi connectivity index (χ1) is 10.2. The van der Waals surface area contributed by atoms with Gasteiger partial charge in [-0.05, 0) is 36.6 Å². The Bertz CT molecular complexity index is 402. The second kappa shape index (κ2) is 8.32. The number of benzene rings is 1. The lowest BCUT2D eigenvalue weighted by molar-refractivity contribution is -0.0498. The Hall–Kier alpha value is -1.16. The van der Waals surface area contributed by atoms with Gasteiger partial charge in [-0.15, -0.1) is 0 Å². The molecule has 0 saturated heterocycles. The van der Waals surface area contributed by atoms with Gasteiger partial charge in [0.1, 0.15) is 5.75 Å². The van der Waals surface area contributed by atoms with Crippen LogP contribution in [-0.2, 0) is 0 Å². The van der Waals surface area contributed by atoms with Gasteiger partial charge in [0.15, 0.2) is 0 Å². The molecule has 0 aromatic heterocycles. The standard InChI is InChI=1S/C17H25F2NO/c1-2-20-16(12-13-6-4-3-5-7-13)14-8-10-15(11-9-14)21-17(18)19/h8-11,13,16-17,20H,2-7,12H2,1H3. The van der Waals surface area contributed by atoms with Crippen LogP contribution in [-0.4, -0.2) is 13.2 Å². The summed E-state index contributed by atoms with van der Waals surface area (Å²) in [5.41, 5.74) is 1.16. The fourth-order valence-corrected chi connectivity index (χ4v) is 3.22. The Kier molecular flexibility index (Phi) is 6.43. The Labute approximate surface area is 125 Å². The van der Waals surface area contributed by atoms with Crippen molar-refractivity contribution in [3.8, 4) is 5.75 Å². The third kappa shape index (κ3) is 5.27. The molecular formula is C17H25F2NO. The van der Waals surface area contributed by atoms with Crippen LogP contribution in [0.1, 0.15) is 57.1 Å². The highest BCUT2D eigenvalue weighted by atomic mass is 19.3. The predicted molar refractivity (Wildman–Crippen MR) is 80.7 cm³/mol. The fraction of sp³-hybridized carbons (Fsp3) is 0.647. The van der Waals surface area contributed by atoms with Crippen LogP contribution in [0, 0.1) is 5.92 Å². The van der Waals surface area contributed by atoms with Crippen molar-refractivity contribution in [2.45, 2.75) is 58.1 Å². The summed E-state index contributed by atoms with van der Waals surface area (Å²) < 4.78 is 28.8. The van der Waals surface area contributed by atoms with Gasteiger partial charge < -0.3 is 10.1 Å². The first-order valence-electron chi connectivity index (χ1n) is 7.97. The highest BCUT2D eigenvalue weighted by molar-refractivity contribution is 5.29. The highest BCUT2D eigenvalue weighted by Crippen LogP contribution is 2.32. The van der Waals surface area contributed by atoms with Crippen molar-refractivity contribution in [3.05, 3.63) is 29.8 Å². The minimum absolute atomic E-state index is 0.224. The van der Waals surface area contributed by atoms with Crippen molar-refractivity contribution >= 4 is 0 Å². The number of halogens is 2. The van der Waals surface area contributed by atoms with Gasteiger partial charge in [0, 0.05) is 6.04 Å². The normalized spacial score (nSPS) is 17.9. The van der Waals surface area contributed by atoms with E-state index in [1.54, 1.807) is 12.1 Å². The molecule has 0 radical (unpaired) electrons. The number of rotatable bonds is 7. The molecular weight excluding hydrogens is 272 g/mol. The molecule has 0 amide bonds. The molecule has 0 aliphatic heterocycles. The summed E-state index contributed by atoms with van der Waals surface area (Å²) in [6.07, 6.45) is 7.79. The van der Waals surface area contributed by atoms with Crippen LogP contribution in [0.15, 0.2) is 24.3 Å². The lowest BCUT2D eigenvalue weighted by Crippen LogP contribution is -2.24. The molecule has 1 aromatic rings. The number of ether oxygens (including phenoxy) is 1. The molecule has 1 aliphatic carbocycles. The van der Waals surface area contributed by atoms with E-state index in [1.165, 1.54) is 32.1 Å². The minimum Gasteiger partial charge on any atom is -0.435 e. The maximum atomic E-state index is 12.2. The third-order valence-electron chi connectivity index (χ3n) is 4.25. The molecule has 21 heavy (non-hydrogen) atoms. The highest BCUT2D eigenvalue weighted by Gasteiger charge is 2.19. The molecule has 1 N–H and O–H groups in total. The van der Waals surface area contributed by atoms with Crippen LogP contribution in [0.25, 0.3) is 0 Å². The molecule has 1 aromatic carbocycles. The van der Waals surface area contributed by atoms with Crippen molar-refractivity contribution < 1.29 is 13.5 Å². The van der Waals surface area contributed by atoms with Gasteiger partial charge in [0.05, 0.1) is 0 Å². The molecule has 2 nitrogen and oxygen atoms in total. The molecule has 118 valence electrons. The van der Waals surface area contributed by atoms with Gasteiger partial charge in [0.25, 0.3) is 0 Å². The molecule has 1 aliphatic rings. The van der Waals surface area contributed by atoms with Crippen LogP contribution >= 0.6 is 0 Å². The lowest BCUT2D eigenvalue weighted by Gasteiger charge is -2.27. The SMILES string of the molecule is CCNC(CC1CCCCC1)c1ccc(OC(F)F)cc1. The molecule has 2 rings (SSSR count). The molecule has 1 fully saturated rings. The van der Waals surface area contributed by atoms with Crippen LogP contribution in [0.5, 0.6) is 5.75 Å². The predicted octanol–water partition coefficient (Wildman–Crippen LogP) is 4.91. The summed E-state index contributed by atoms with van der Waals surface area (Å²) in [6, 6.07) is 7.36. The molecule has 1 unspecified atom stereocenters. The number of hydrogen-bond donors (Lipinski definition) is 1. The van der Waals surface area contributed by atoms with Crippen LogP contribution in [0.2, 0.25) is 0 Å². The second-order valence-electron chi connectivity index (χ2n) is 5.80. The van der Waals surface area contributed by atoms with E-state index in [0.717, 1.165) is 24.4 Å². The lowest BCUT2D eigenvalue weighted by atomic mass is 9.83. The summed E-state index contributed by atoms with van der Waals surface area (Å²) in [5, 5.41) is 3.52. The van der Waals surface area contributed by atoms with E-state index in [4.69, 9.17) is 0 Å². The smallest absolute Gasteiger partial charge is 0.387 e. The summed E-state index contributed by atoms with van der Waals surface area (Å²) in [4.78, 5) is 0. The Morgan fingerprint density at radius 3 is 2.38 bits per heavy atom. The Balaban J connectivity index is 1.99. The zero-order chi connectivity index (χ0) is 15.1. The first kappa shape index (κ1) is 16.2. The molecule has 0 heterocycles. The van der Waals surface area contributed by atoms with Gasteiger partial charge in [0.2, 0.25) is 0 Å². The average Bonchev–Trinajstić information content (AvgIpc) is 2.48. The monoisotopic (exact) mass is 297 g/mol.